The van der Waals surface area contributed by atoms with Gasteiger partial charge in [0.15, 0.2) is 0 Å². The van der Waals surface area contributed by atoms with Crippen LogP contribution in [0, 0.1) is 59.5 Å². The number of rotatable bonds is 45. The molecule has 1 radical (unpaired) electrons. The summed E-state index contributed by atoms with van der Waals surface area (Å²) in [5, 5.41) is 30.7. The van der Waals surface area contributed by atoms with Gasteiger partial charge in [0.2, 0.25) is 0 Å². The van der Waals surface area contributed by atoms with E-state index in [1.165, 1.54) is 212 Å². The van der Waals surface area contributed by atoms with Gasteiger partial charge in [0.05, 0.1) is 0 Å². The molecule has 7 heteroatoms. The van der Waals surface area contributed by atoms with Gasteiger partial charge in [-0.25, -0.2) is 0 Å². The first kappa shape index (κ1) is 67.4. The summed E-state index contributed by atoms with van der Waals surface area (Å²) in [6.45, 7) is 13.8. The van der Waals surface area contributed by atoms with E-state index in [2.05, 4.69) is 41.5 Å². The van der Waals surface area contributed by atoms with Crippen LogP contribution in [0.4, 0.5) is 0 Å². The molecule has 0 aromatic carbocycles. The van der Waals surface area contributed by atoms with Gasteiger partial charge in [-0.15, -0.1) is 0 Å². The van der Waals surface area contributed by atoms with Crippen LogP contribution >= 0.6 is 0 Å². The Morgan fingerprint density at radius 3 is 0.475 bits per heavy atom. The molecule has 0 aromatic heterocycles. The number of hydrogen-bond donors (Lipinski definition) is 0. The molecule has 0 unspecified atom stereocenters. The first-order valence-corrected chi connectivity index (χ1v) is 26.5. The summed E-state index contributed by atoms with van der Waals surface area (Å²) in [6, 6.07) is 0. The largest absolute Gasteiger partial charge is 3.00 e. The predicted molar refractivity (Wildman–Crippen MR) is 253 cm³/mol. The van der Waals surface area contributed by atoms with Gasteiger partial charge in [0.1, 0.15) is 0 Å². The van der Waals surface area contributed by atoms with E-state index in [1.54, 1.807) is 0 Å². The van der Waals surface area contributed by atoms with E-state index < -0.39 is 17.9 Å². The molecule has 0 aliphatic heterocycles. The van der Waals surface area contributed by atoms with Crippen molar-refractivity contribution in [2.75, 3.05) is 0 Å². The Labute approximate surface area is 415 Å². The Balaban J connectivity index is -0.000000396. The quantitative estimate of drug-likeness (QED) is 0.0560. The zero-order valence-corrected chi connectivity index (χ0v) is 45.0. The number of unbranched alkanes of at least 4 members (excludes halogenated alkanes) is 33. The maximum absolute atomic E-state index is 10.2. The molecule has 0 rings (SSSR count). The molecule has 6 nitrogen and oxygen atoms in total. The van der Waals surface area contributed by atoms with Crippen LogP contribution in [0.3, 0.4) is 0 Å². The van der Waals surface area contributed by atoms with Gasteiger partial charge in [-0.1, -0.05) is 273 Å². The molecule has 0 atom stereocenters. The molecule has 0 aliphatic rings. The zero-order valence-electron chi connectivity index (χ0n) is 41.9. The average molecular weight is 991 g/mol. The minimum absolute atomic E-state index is 0. The molecule has 0 bridgehead atoms. The smallest absolute Gasteiger partial charge is 0.550 e. The Kier molecular flexibility index (Phi) is 63.8. The summed E-state index contributed by atoms with van der Waals surface area (Å²) >= 11 is 0. The van der Waals surface area contributed by atoms with Crippen LogP contribution in [0.5, 0.6) is 0 Å². The first-order chi connectivity index (χ1) is 28.9. The third kappa shape index (κ3) is 77.4. The van der Waals surface area contributed by atoms with Crippen molar-refractivity contribution < 1.29 is 71.5 Å². The molecule has 0 heterocycles. The standard InChI is InChI=1S/3C18H36O2.Ce/c3*1-17(2)15-13-11-9-7-5-3-4-6-8-10-12-14-16-18(19)20;/h3*17H,3-16H2,1-2H3,(H,19,20);/q;;;+3/p-3. The second-order valence-electron chi connectivity index (χ2n) is 19.6. The Morgan fingerprint density at radius 1 is 0.246 bits per heavy atom. The van der Waals surface area contributed by atoms with E-state index in [0.717, 1.165) is 56.3 Å². The molecule has 0 aliphatic carbocycles. The number of carbonyl (C=O) groups excluding carboxylic acids is 3. The van der Waals surface area contributed by atoms with Crippen LogP contribution in [-0.2, 0) is 14.4 Å². The van der Waals surface area contributed by atoms with Crippen molar-refractivity contribution in [3.8, 4) is 0 Å². The van der Waals surface area contributed by atoms with Crippen molar-refractivity contribution in [1.29, 1.82) is 0 Å². The topological polar surface area (TPSA) is 120 Å². The van der Waals surface area contributed by atoms with Crippen molar-refractivity contribution in [2.45, 2.75) is 311 Å². The summed E-state index contributed by atoms with van der Waals surface area (Å²) < 4.78 is 0. The second-order valence-corrected chi connectivity index (χ2v) is 19.6. The van der Waals surface area contributed by atoms with E-state index >= 15 is 0 Å². The van der Waals surface area contributed by atoms with Crippen molar-refractivity contribution in [3.05, 3.63) is 0 Å². The molecule has 0 aromatic rings. The van der Waals surface area contributed by atoms with Gasteiger partial charge in [0, 0.05) is 17.9 Å². The molecule has 361 valence electrons. The van der Waals surface area contributed by atoms with E-state index in [0.29, 0.717) is 0 Å². The average Bonchev–Trinajstić information content (AvgIpc) is 3.18. The van der Waals surface area contributed by atoms with E-state index in [4.69, 9.17) is 0 Å². The number of carboxylic acid groups (broad SMARTS) is 3. The Morgan fingerprint density at radius 2 is 0.361 bits per heavy atom. The molecule has 0 spiro atoms. The molecule has 0 amide bonds. The number of carboxylic acids is 3. The fraction of sp³-hybridized carbons (Fsp3) is 0.944. The number of carbonyl (C=O) groups is 3. The third-order valence-corrected chi connectivity index (χ3v) is 11.7. The van der Waals surface area contributed by atoms with Crippen molar-refractivity contribution in [1.82, 2.24) is 0 Å². The number of aliphatic carboxylic acids is 3. The van der Waals surface area contributed by atoms with Gasteiger partial charge >= 0.3 is 41.7 Å². The van der Waals surface area contributed by atoms with Crippen LogP contribution in [-0.4, -0.2) is 17.9 Å². The van der Waals surface area contributed by atoms with Gasteiger partial charge in [0.25, 0.3) is 0 Å². The predicted octanol–water partition coefficient (Wildman–Crippen LogP) is 14.6. The summed E-state index contributed by atoms with van der Waals surface area (Å²) in [5.41, 5.74) is 0. The maximum Gasteiger partial charge on any atom is 3.00 e. The van der Waals surface area contributed by atoms with Crippen molar-refractivity contribution >= 4 is 17.9 Å². The summed E-state index contributed by atoms with van der Waals surface area (Å²) in [5.74, 6) is -0.125. The van der Waals surface area contributed by atoms with Crippen molar-refractivity contribution in [3.63, 3.8) is 0 Å². The van der Waals surface area contributed by atoms with E-state index in [9.17, 15) is 29.7 Å². The van der Waals surface area contributed by atoms with E-state index in [1.807, 2.05) is 0 Å². The van der Waals surface area contributed by atoms with E-state index in [-0.39, 0.29) is 61.0 Å². The molecule has 61 heavy (non-hydrogen) atoms. The minimum Gasteiger partial charge on any atom is -0.550 e. The van der Waals surface area contributed by atoms with Gasteiger partial charge in [-0.3, -0.25) is 0 Å². The second kappa shape index (κ2) is 57.8. The minimum atomic E-state index is -0.904. The Hall–Kier alpha value is -0.213. The molecular weight excluding hydrogens is 885 g/mol. The van der Waals surface area contributed by atoms with Crippen LogP contribution in [0.2, 0.25) is 0 Å². The summed E-state index contributed by atoms with van der Waals surface area (Å²) in [6.07, 6.45) is 51.0. The van der Waals surface area contributed by atoms with Crippen LogP contribution in [0.25, 0.3) is 0 Å². The van der Waals surface area contributed by atoms with Gasteiger partial charge in [-0.05, 0) is 56.3 Å². The molecule has 0 saturated heterocycles. The fourth-order valence-electron chi connectivity index (χ4n) is 7.77. The van der Waals surface area contributed by atoms with Gasteiger partial charge in [-0.2, -0.15) is 0 Å². The summed E-state index contributed by atoms with van der Waals surface area (Å²) in [7, 11) is 0. The Bertz CT molecular complexity index is 751. The summed E-state index contributed by atoms with van der Waals surface area (Å²) in [4.78, 5) is 30.7. The molecular formula is C54H105CeO6. The van der Waals surface area contributed by atoms with Crippen LogP contribution in [0.1, 0.15) is 311 Å². The molecule has 0 fully saturated rings. The van der Waals surface area contributed by atoms with Gasteiger partial charge < -0.3 is 29.7 Å². The van der Waals surface area contributed by atoms with Crippen LogP contribution < -0.4 is 15.3 Å². The van der Waals surface area contributed by atoms with Crippen molar-refractivity contribution in [2.24, 2.45) is 17.8 Å². The molecule has 0 N–H and O–H groups in total. The van der Waals surface area contributed by atoms with Crippen LogP contribution in [0.15, 0.2) is 0 Å². The SMILES string of the molecule is CC(C)CCCCCCCCCCCCCCC(=O)[O-].CC(C)CCCCCCCCCCCCCCC(=O)[O-].CC(C)CCCCCCCCCCCCCCC(=O)[O-].[Ce+3]. The number of hydrogen-bond acceptors (Lipinski definition) is 6. The third-order valence-electron chi connectivity index (χ3n) is 11.7. The normalized spacial score (nSPS) is 11.0. The fourth-order valence-corrected chi connectivity index (χ4v) is 7.77. The monoisotopic (exact) mass is 990 g/mol. The zero-order chi connectivity index (χ0) is 45.2. The first-order valence-electron chi connectivity index (χ1n) is 26.5. The molecule has 0 saturated carbocycles. The maximum atomic E-state index is 10.2.